The molecule has 0 fully saturated rings. The van der Waals surface area contributed by atoms with Crippen molar-refractivity contribution in [3.05, 3.63) is 39.9 Å². The number of hydrogen-bond acceptors (Lipinski definition) is 3. The minimum Gasteiger partial charge on any atom is -0.475 e. The molecule has 5 nitrogen and oxygen atoms in total. The monoisotopic (exact) mass is 299 g/mol. The maximum Gasteiger partial charge on any atom is 0.375 e. The number of halogens is 2. The second kappa shape index (κ2) is 5.59. The predicted molar refractivity (Wildman–Crippen MR) is 72.3 cm³/mol. The van der Waals surface area contributed by atoms with Gasteiger partial charge in [0.15, 0.2) is 0 Å². The van der Waals surface area contributed by atoms with E-state index in [0.717, 1.165) is 6.42 Å². The van der Waals surface area contributed by atoms with Gasteiger partial charge in [-0.15, -0.1) is 5.10 Å². The van der Waals surface area contributed by atoms with Gasteiger partial charge in [0, 0.05) is 6.42 Å². The zero-order valence-corrected chi connectivity index (χ0v) is 11.6. The van der Waals surface area contributed by atoms with Crippen molar-refractivity contribution in [2.75, 3.05) is 0 Å². The molecule has 0 radical (unpaired) electrons. The van der Waals surface area contributed by atoms with Crippen molar-refractivity contribution in [3.63, 3.8) is 0 Å². The summed E-state index contributed by atoms with van der Waals surface area (Å²) in [4.78, 5) is 15.0. The van der Waals surface area contributed by atoms with Crippen LogP contribution in [0.2, 0.25) is 10.0 Å². The van der Waals surface area contributed by atoms with E-state index in [1.54, 1.807) is 18.2 Å². The summed E-state index contributed by atoms with van der Waals surface area (Å²) in [6.45, 7) is 1.97. The molecular formula is C12H11Cl2N3O2. The number of carbonyl (C=O) groups is 1. The van der Waals surface area contributed by atoms with Gasteiger partial charge in [0.05, 0.1) is 15.7 Å². The molecule has 7 heteroatoms. The summed E-state index contributed by atoms with van der Waals surface area (Å²) in [6, 6.07) is 5.09. The number of aryl methyl sites for hydroxylation is 1. The van der Waals surface area contributed by atoms with Gasteiger partial charge < -0.3 is 5.11 Å². The molecule has 0 amide bonds. The van der Waals surface area contributed by atoms with Crippen molar-refractivity contribution < 1.29 is 9.90 Å². The molecule has 0 saturated carbocycles. The zero-order valence-electron chi connectivity index (χ0n) is 10.1. The first-order chi connectivity index (χ1) is 9.04. The van der Waals surface area contributed by atoms with Crippen molar-refractivity contribution in [3.8, 4) is 5.69 Å². The lowest BCUT2D eigenvalue weighted by Crippen LogP contribution is -2.04. The standard InChI is InChI=1S/C12H11Cl2N3O2/c1-2-4-9-15-11(12(18)19)16-17(9)8-6-3-5-7(13)10(8)14/h3,5-6H,2,4H2,1H3,(H,18,19). The highest BCUT2D eigenvalue weighted by molar-refractivity contribution is 6.43. The van der Waals surface area contributed by atoms with E-state index in [0.29, 0.717) is 28.0 Å². The Kier molecular flexibility index (Phi) is 4.07. The fraction of sp³-hybridized carbons (Fsp3) is 0.250. The van der Waals surface area contributed by atoms with E-state index >= 15 is 0 Å². The molecule has 1 N–H and O–H groups in total. The van der Waals surface area contributed by atoms with E-state index in [9.17, 15) is 4.79 Å². The highest BCUT2D eigenvalue weighted by Crippen LogP contribution is 2.28. The Balaban J connectivity index is 2.59. The van der Waals surface area contributed by atoms with Crippen LogP contribution in [0.1, 0.15) is 29.8 Å². The normalized spacial score (nSPS) is 10.7. The fourth-order valence-electron chi connectivity index (χ4n) is 1.67. The molecule has 0 atom stereocenters. The first kappa shape index (κ1) is 13.8. The molecule has 1 aromatic heterocycles. The van der Waals surface area contributed by atoms with Crippen LogP contribution in [0.25, 0.3) is 5.69 Å². The molecule has 1 aromatic carbocycles. The van der Waals surface area contributed by atoms with Gasteiger partial charge in [0.1, 0.15) is 5.82 Å². The Bertz CT molecular complexity index is 625. The number of nitrogens with zero attached hydrogens (tertiary/aromatic N) is 3. The van der Waals surface area contributed by atoms with Crippen LogP contribution in [0, 0.1) is 0 Å². The minimum absolute atomic E-state index is 0.250. The quantitative estimate of drug-likeness (QED) is 0.941. The van der Waals surface area contributed by atoms with Gasteiger partial charge in [-0.3, -0.25) is 0 Å². The number of aromatic nitrogens is 3. The first-order valence-corrected chi connectivity index (χ1v) is 6.43. The smallest absolute Gasteiger partial charge is 0.375 e. The maximum atomic E-state index is 11.0. The lowest BCUT2D eigenvalue weighted by Gasteiger charge is -2.07. The van der Waals surface area contributed by atoms with Gasteiger partial charge in [-0.25, -0.2) is 14.5 Å². The summed E-state index contributed by atoms with van der Waals surface area (Å²) in [5.41, 5.74) is 0.526. The van der Waals surface area contributed by atoms with E-state index in [1.807, 2.05) is 6.92 Å². The molecule has 0 saturated heterocycles. The van der Waals surface area contributed by atoms with Crippen molar-refractivity contribution in [2.24, 2.45) is 0 Å². The highest BCUT2D eigenvalue weighted by atomic mass is 35.5. The number of benzene rings is 1. The van der Waals surface area contributed by atoms with E-state index < -0.39 is 5.97 Å². The average Bonchev–Trinajstić information content (AvgIpc) is 2.77. The van der Waals surface area contributed by atoms with Gasteiger partial charge in [0.25, 0.3) is 5.82 Å². The topological polar surface area (TPSA) is 68.0 Å². The summed E-state index contributed by atoms with van der Waals surface area (Å²) < 4.78 is 1.43. The number of carboxylic acid groups (broad SMARTS) is 1. The summed E-state index contributed by atoms with van der Waals surface area (Å²) >= 11 is 12.1. The van der Waals surface area contributed by atoms with Crippen molar-refractivity contribution in [2.45, 2.75) is 19.8 Å². The molecule has 0 unspecified atom stereocenters. The van der Waals surface area contributed by atoms with Crippen LogP contribution >= 0.6 is 23.2 Å². The number of aromatic carboxylic acids is 1. The van der Waals surface area contributed by atoms with E-state index in [4.69, 9.17) is 28.3 Å². The molecule has 0 aliphatic heterocycles. The Labute approximate surface area is 119 Å². The molecular weight excluding hydrogens is 289 g/mol. The van der Waals surface area contributed by atoms with Gasteiger partial charge in [-0.1, -0.05) is 36.2 Å². The molecule has 0 aliphatic carbocycles. The summed E-state index contributed by atoms with van der Waals surface area (Å²) in [7, 11) is 0. The number of hydrogen-bond donors (Lipinski definition) is 1. The van der Waals surface area contributed by atoms with Crippen molar-refractivity contribution >= 4 is 29.2 Å². The molecule has 1 heterocycles. The van der Waals surface area contributed by atoms with Crippen molar-refractivity contribution in [1.29, 1.82) is 0 Å². The number of carboxylic acids is 1. The summed E-state index contributed by atoms with van der Waals surface area (Å²) in [6.07, 6.45) is 1.42. The molecule has 100 valence electrons. The van der Waals surface area contributed by atoms with Crippen LogP contribution in [0.3, 0.4) is 0 Å². The van der Waals surface area contributed by atoms with Gasteiger partial charge in [-0.05, 0) is 18.6 Å². The third kappa shape index (κ3) is 2.72. The summed E-state index contributed by atoms with van der Waals surface area (Å²) in [5.74, 6) is -0.877. The third-order valence-electron chi connectivity index (χ3n) is 2.50. The van der Waals surface area contributed by atoms with Gasteiger partial charge in [0.2, 0.25) is 0 Å². The summed E-state index contributed by atoms with van der Waals surface area (Å²) in [5, 5.41) is 13.6. The molecule has 0 aliphatic rings. The first-order valence-electron chi connectivity index (χ1n) is 5.68. The van der Waals surface area contributed by atoms with Gasteiger partial charge >= 0.3 is 5.97 Å². The third-order valence-corrected chi connectivity index (χ3v) is 3.31. The van der Waals surface area contributed by atoms with E-state index in [1.165, 1.54) is 4.68 Å². The van der Waals surface area contributed by atoms with Crippen LogP contribution < -0.4 is 0 Å². The number of rotatable bonds is 4. The molecule has 19 heavy (non-hydrogen) atoms. The van der Waals surface area contributed by atoms with E-state index in [2.05, 4.69) is 10.1 Å². The van der Waals surface area contributed by atoms with Crippen LogP contribution in [0.4, 0.5) is 0 Å². The molecule has 0 bridgehead atoms. The largest absolute Gasteiger partial charge is 0.475 e. The van der Waals surface area contributed by atoms with Crippen LogP contribution in [-0.2, 0) is 6.42 Å². The maximum absolute atomic E-state index is 11.0. The van der Waals surface area contributed by atoms with E-state index in [-0.39, 0.29) is 5.82 Å². The molecule has 0 spiro atoms. The van der Waals surface area contributed by atoms with Crippen LogP contribution in [0.15, 0.2) is 18.2 Å². The second-order valence-electron chi connectivity index (χ2n) is 3.89. The Morgan fingerprint density at radius 3 is 2.79 bits per heavy atom. The second-order valence-corrected chi connectivity index (χ2v) is 4.68. The van der Waals surface area contributed by atoms with Gasteiger partial charge in [-0.2, -0.15) is 0 Å². The van der Waals surface area contributed by atoms with Crippen LogP contribution in [-0.4, -0.2) is 25.8 Å². The Morgan fingerprint density at radius 2 is 2.16 bits per heavy atom. The highest BCUT2D eigenvalue weighted by Gasteiger charge is 2.18. The average molecular weight is 300 g/mol. The van der Waals surface area contributed by atoms with Crippen molar-refractivity contribution in [1.82, 2.24) is 14.8 Å². The Hall–Kier alpha value is -1.59. The minimum atomic E-state index is -1.17. The molecule has 2 rings (SSSR count). The predicted octanol–water partition coefficient (Wildman–Crippen LogP) is 3.22. The lowest BCUT2D eigenvalue weighted by molar-refractivity contribution is 0.0683. The Morgan fingerprint density at radius 1 is 1.42 bits per heavy atom. The zero-order chi connectivity index (χ0) is 14.0. The van der Waals surface area contributed by atoms with Crippen LogP contribution in [0.5, 0.6) is 0 Å². The molecule has 2 aromatic rings. The SMILES string of the molecule is CCCc1nc(C(=O)O)nn1-c1cccc(Cl)c1Cl. The fourth-order valence-corrected chi connectivity index (χ4v) is 2.04. The lowest BCUT2D eigenvalue weighted by atomic mass is 10.3.